The van der Waals surface area contributed by atoms with E-state index in [4.69, 9.17) is 4.74 Å². The minimum absolute atomic E-state index is 0.215. The molecule has 3 amide bonds. The summed E-state index contributed by atoms with van der Waals surface area (Å²) in [5, 5.41) is 15.3. The molecule has 3 fully saturated rings. The molecule has 4 aromatic carbocycles. The molecule has 55 heavy (non-hydrogen) atoms. The predicted molar refractivity (Wildman–Crippen MR) is 212 cm³/mol. The van der Waals surface area contributed by atoms with Gasteiger partial charge in [0.15, 0.2) is 0 Å². The maximum absolute atomic E-state index is 13.0. The second-order valence-corrected chi connectivity index (χ2v) is 16.0. The lowest BCUT2D eigenvalue weighted by Gasteiger charge is -2.47. The minimum Gasteiger partial charge on any atom is -0.508 e. The number of nitrogens with one attached hydrogen (secondary N) is 2. The van der Waals surface area contributed by atoms with Crippen LogP contribution in [0.3, 0.4) is 0 Å². The van der Waals surface area contributed by atoms with Crippen LogP contribution in [0.5, 0.6) is 11.5 Å². The fraction of sp³-hybridized carbons (Fsp3) is 0.400. The maximum atomic E-state index is 13.0. The summed E-state index contributed by atoms with van der Waals surface area (Å²) in [5.74, 6) is 1.24. The van der Waals surface area contributed by atoms with Gasteiger partial charge in [0.2, 0.25) is 11.8 Å². The number of carbonyl (C=O) groups excluding carboxylic acids is 3. The molecule has 0 bridgehead atoms. The molecule has 0 spiro atoms. The summed E-state index contributed by atoms with van der Waals surface area (Å²) in [6.07, 6.45) is 4.90. The molecule has 4 atom stereocenters. The van der Waals surface area contributed by atoms with Crippen molar-refractivity contribution >= 4 is 29.1 Å². The average molecular weight is 740 g/mol. The number of piperazine rings is 1. The molecule has 284 valence electrons. The third-order valence-corrected chi connectivity index (χ3v) is 12.6. The molecule has 0 unspecified atom stereocenters. The summed E-state index contributed by atoms with van der Waals surface area (Å²) in [6, 6.07) is 31.2. The Kier molecular flexibility index (Phi) is 9.68. The zero-order chi connectivity index (χ0) is 37.5. The van der Waals surface area contributed by atoms with Crippen LogP contribution in [0.2, 0.25) is 0 Å². The first-order valence-electron chi connectivity index (χ1n) is 20.0. The van der Waals surface area contributed by atoms with Crippen LogP contribution in [-0.2, 0) is 16.0 Å². The molecule has 5 aliphatic rings. The number of aromatic hydroxyl groups is 1. The third-order valence-electron chi connectivity index (χ3n) is 12.6. The number of anilines is 2. The van der Waals surface area contributed by atoms with Crippen molar-refractivity contribution in [2.45, 2.75) is 62.4 Å². The highest BCUT2D eigenvalue weighted by Crippen LogP contribution is 2.47. The number of phenols is 1. The lowest BCUT2D eigenvalue weighted by atomic mass is 9.69. The summed E-state index contributed by atoms with van der Waals surface area (Å²) < 4.78 is 6.22. The van der Waals surface area contributed by atoms with Gasteiger partial charge in [-0.05, 0) is 109 Å². The molecule has 3 N–H and O–H groups in total. The number of imide groups is 1. The van der Waals surface area contributed by atoms with Gasteiger partial charge < -0.3 is 25.0 Å². The summed E-state index contributed by atoms with van der Waals surface area (Å²) in [4.78, 5) is 44.1. The van der Waals surface area contributed by atoms with Gasteiger partial charge in [0.1, 0.15) is 24.1 Å². The number of hydrogen-bond acceptors (Lipinski definition) is 8. The van der Waals surface area contributed by atoms with E-state index in [9.17, 15) is 19.5 Å². The van der Waals surface area contributed by atoms with Crippen molar-refractivity contribution in [3.8, 4) is 11.5 Å². The van der Waals surface area contributed by atoms with Gasteiger partial charge >= 0.3 is 0 Å². The Morgan fingerprint density at radius 1 is 0.836 bits per heavy atom. The van der Waals surface area contributed by atoms with Gasteiger partial charge in [-0.15, -0.1) is 0 Å². The summed E-state index contributed by atoms with van der Waals surface area (Å²) in [5.41, 5.74) is 8.05. The van der Waals surface area contributed by atoms with E-state index >= 15 is 0 Å². The van der Waals surface area contributed by atoms with Crippen LogP contribution >= 0.6 is 0 Å². The number of benzene rings is 4. The predicted octanol–water partition coefficient (Wildman–Crippen LogP) is 5.59. The number of nitrogens with zero attached hydrogens (tertiary/aromatic N) is 3. The van der Waals surface area contributed by atoms with E-state index in [1.807, 2.05) is 18.2 Å². The van der Waals surface area contributed by atoms with Gasteiger partial charge in [-0.25, -0.2) is 0 Å². The van der Waals surface area contributed by atoms with Gasteiger partial charge in [-0.1, -0.05) is 48.5 Å². The van der Waals surface area contributed by atoms with Gasteiger partial charge in [0.05, 0.1) is 11.7 Å². The maximum Gasteiger partial charge on any atom is 0.252 e. The summed E-state index contributed by atoms with van der Waals surface area (Å²) in [7, 11) is 0. The number of carbonyl (C=O) groups is 3. The monoisotopic (exact) mass is 739 g/mol. The number of ether oxygens (including phenoxy) is 1. The fourth-order valence-electron chi connectivity index (χ4n) is 9.72. The Morgan fingerprint density at radius 2 is 1.65 bits per heavy atom. The van der Waals surface area contributed by atoms with Gasteiger partial charge in [-0.2, -0.15) is 0 Å². The summed E-state index contributed by atoms with van der Waals surface area (Å²) in [6.45, 7) is 6.63. The molecule has 4 aliphatic heterocycles. The largest absolute Gasteiger partial charge is 0.508 e. The zero-order valence-electron chi connectivity index (χ0n) is 31.2. The first kappa shape index (κ1) is 35.4. The molecule has 0 radical (unpaired) electrons. The van der Waals surface area contributed by atoms with E-state index in [1.54, 1.807) is 12.1 Å². The second-order valence-electron chi connectivity index (χ2n) is 16.0. The number of rotatable bonds is 7. The van der Waals surface area contributed by atoms with Crippen LogP contribution in [0.4, 0.5) is 11.4 Å². The lowest BCUT2D eigenvalue weighted by molar-refractivity contribution is -0.134. The van der Waals surface area contributed by atoms with E-state index in [0.717, 1.165) is 57.8 Å². The van der Waals surface area contributed by atoms with Crippen molar-refractivity contribution in [2.24, 2.45) is 5.92 Å². The van der Waals surface area contributed by atoms with Crippen molar-refractivity contribution in [3.63, 3.8) is 0 Å². The molecule has 1 aliphatic carbocycles. The third kappa shape index (κ3) is 7.27. The Morgan fingerprint density at radius 3 is 2.45 bits per heavy atom. The van der Waals surface area contributed by atoms with Gasteiger partial charge in [0, 0.05) is 62.9 Å². The molecule has 9 rings (SSSR count). The highest BCUT2D eigenvalue weighted by Gasteiger charge is 2.36. The van der Waals surface area contributed by atoms with Crippen LogP contribution < -0.4 is 25.2 Å². The van der Waals surface area contributed by atoms with Crippen molar-refractivity contribution < 1.29 is 24.2 Å². The van der Waals surface area contributed by atoms with Crippen LogP contribution in [0.1, 0.15) is 76.6 Å². The standard InChI is InChI=1S/C45H49N5O5/c51-36-12-14-38-32(24-36)8-13-37(30-4-2-1-3-5-30)43(38)31-6-10-34(11-7-31)49-20-18-29(19-21-49)26-48-22-23-50-35(27-48)28-55-41-25-33(9-16-40(41)50)44(53)46-39-15-17-42(52)47-45(39)54/h1-7,9-12,14,16,24-25,29,35,37,39,43,51H,8,13,15,17-23,26-28H2,(H,46,53)(H,47,52,54)/t35-,37-,39+,43+/m1/s1. The number of aryl methyl sites for hydroxylation is 1. The molecule has 10 nitrogen and oxygen atoms in total. The van der Waals surface area contributed by atoms with Crippen LogP contribution in [0.25, 0.3) is 0 Å². The molecule has 3 saturated heterocycles. The van der Waals surface area contributed by atoms with E-state index in [-0.39, 0.29) is 30.2 Å². The molecule has 10 heteroatoms. The van der Waals surface area contributed by atoms with Gasteiger partial charge in [0.25, 0.3) is 5.91 Å². The number of phenolic OH excluding ortho intramolecular Hbond substituents is 1. The van der Waals surface area contributed by atoms with Gasteiger partial charge in [-0.3, -0.25) is 24.6 Å². The van der Waals surface area contributed by atoms with E-state index in [2.05, 4.69) is 86.0 Å². The van der Waals surface area contributed by atoms with E-state index in [1.165, 1.54) is 40.8 Å². The van der Waals surface area contributed by atoms with Crippen molar-refractivity contribution in [2.75, 3.05) is 55.7 Å². The topological polar surface area (TPSA) is 114 Å². The van der Waals surface area contributed by atoms with Crippen molar-refractivity contribution in [1.82, 2.24) is 15.5 Å². The van der Waals surface area contributed by atoms with Crippen LogP contribution in [0.15, 0.2) is 91.0 Å². The van der Waals surface area contributed by atoms with E-state index in [0.29, 0.717) is 41.9 Å². The number of amides is 3. The Labute approximate surface area is 322 Å². The Balaban J connectivity index is 0.788. The molecular formula is C45H49N5O5. The molecule has 4 aromatic rings. The summed E-state index contributed by atoms with van der Waals surface area (Å²) >= 11 is 0. The molecule has 4 heterocycles. The van der Waals surface area contributed by atoms with Crippen LogP contribution in [-0.4, -0.2) is 85.7 Å². The first-order valence-corrected chi connectivity index (χ1v) is 20.0. The highest BCUT2D eigenvalue weighted by molar-refractivity contribution is 6.04. The quantitative estimate of drug-likeness (QED) is 0.211. The number of fused-ring (bicyclic) bond motifs is 4. The average Bonchev–Trinajstić information content (AvgIpc) is 3.21. The van der Waals surface area contributed by atoms with Crippen molar-refractivity contribution in [3.05, 3.63) is 119 Å². The Bertz CT molecular complexity index is 2060. The van der Waals surface area contributed by atoms with Crippen LogP contribution in [0, 0.1) is 5.92 Å². The Hall–Kier alpha value is -5.35. The SMILES string of the molecule is O=C1CC[C@H](NC(=O)c2ccc3c(c2)OC[C@H]2CN(CC4CCN(c5ccc([C@@H]6c7ccc(O)cc7CC[C@@H]6c6ccccc6)cc5)CC4)CCN32)C(=O)N1. The van der Waals surface area contributed by atoms with E-state index < -0.39 is 11.9 Å². The lowest BCUT2D eigenvalue weighted by Crippen LogP contribution is -2.58. The van der Waals surface area contributed by atoms with Crippen molar-refractivity contribution in [1.29, 1.82) is 0 Å². The fourth-order valence-corrected chi connectivity index (χ4v) is 9.72. The molecular weight excluding hydrogens is 691 g/mol. The highest BCUT2D eigenvalue weighted by atomic mass is 16.5. The second kappa shape index (κ2) is 15.1. The molecule has 0 aromatic heterocycles. The normalized spacial score (nSPS) is 24.2. The zero-order valence-corrected chi connectivity index (χ0v) is 31.2. The smallest absolute Gasteiger partial charge is 0.252 e. The minimum atomic E-state index is -0.712. The number of hydrogen-bond donors (Lipinski definition) is 3. The number of piperidine rings is 2. The first-order chi connectivity index (χ1) is 26.9. The molecule has 0 saturated carbocycles.